The standard InChI is InChI=1S/C24H31N3O6/c1-33-13-7-12-25-23(31)21(16-8-3-2-4-9-16)27(15-20(28)29)24(32)22(30)18-14-26-19-11-6-5-10-17(18)19/h5-6,10-11,14,16,21,26H,2-4,7-9,12-13,15H2,1H3,(H,25,31)(H,28,29). The van der Waals surface area contributed by atoms with E-state index in [-0.39, 0.29) is 11.5 Å². The average Bonchev–Trinajstić information content (AvgIpc) is 3.25. The van der Waals surface area contributed by atoms with Crippen LogP contribution in [0.5, 0.6) is 0 Å². The summed E-state index contributed by atoms with van der Waals surface area (Å²) in [5.74, 6) is -3.73. The monoisotopic (exact) mass is 457 g/mol. The lowest BCUT2D eigenvalue weighted by atomic mass is 9.82. The number of carbonyl (C=O) groups is 4. The van der Waals surface area contributed by atoms with Gasteiger partial charge in [0, 0.05) is 37.4 Å². The fourth-order valence-corrected chi connectivity index (χ4v) is 4.54. The lowest BCUT2D eigenvalue weighted by Crippen LogP contribution is -2.56. The summed E-state index contributed by atoms with van der Waals surface area (Å²) >= 11 is 0. The van der Waals surface area contributed by atoms with Crippen LogP contribution in [0.3, 0.4) is 0 Å². The van der Waals surface area contributed by atoms with Crippen LogP contribution >= 0.6 is 0 Å². The summed E-state index contributed by atoms with van der Waals surface area (Å²) in [6.07, 6.45) is 6.24. The zero-order chi connectivity index (χ0) is 23.8. The van der Waals surface area contributed by atoms with E-state index in [4.69, 9.17) is 4.74 Å². The summed E-state index contributed by atoms with van der Waals surface area (Å²) in [6, 6.07) is 6.04. The van der Waals surface area contributed by atoms with Crippen molar-refractivity contribution in [3.8, 4) is 0 Å². The van der Waals surface area contributed by atoms with Crippen LogP contribution in [0.4, 0.5) is 0 Å². The molecule has 1 aliphatic carbocycles. The molecular weight excluding hydrogens is 426 g/mol. The molecular formula is C24H31N3O6. The number of para-hydroxylation sites is 1. The van der Waals surface area contributed by atoms with Crippen molar-refractivity contribution in [3.63, 3.8) is 0 Å². The predicted octanol–water partition coefficient (Wildman–Crippen LogP) is 2.37. The van der Waals surface area contributed by atoms with Gasteiger partial charge in [0.1, 0.15) is 12.6 Å². The quantitative estimate of drug-likeness (QED) is 0.270. The third kappa shape index (κ3) is 5.98. The van der Waals surface area contributed by atoms with E-state index in [0.717, 1.165) is 24.2 Å². The van der Waals surface area contributed by atoms with Crippen molar-refractivity contribution in [2.24, 2.45) is 5.92 Å². The summed E-state index contributed by atoms with van der Waals surface area (Å²) in [4.78, 5) is 55.4. The molecule has 1 aliphatic rings. The van der Waals surface area contributed by atoms with Crippen LogP contribution < -0.4 is 5.32 Å². The van der Waals surface area contributed by atoms with E-state index in [1.54, 1.807) is 31.4 Å². The molecule has 9 nitrogen and oxygen atoms in total. The van der Waals surface area contributed by atoms with Gasteiger partial charge in [-0.2, -0.15) is 0 Å². The van der Waals surface area contributed by atoms with Gasteiger partial charge in [0.25, 0.3) is 11.7 Å². The number of aromatic amines is 1. The molecule has 1 saturated carbocycles. The van der Waals surface area contributed by atoms with Crippen LogP contribution in [0.2, 0.25) is 0 Å². The number of methoxy groups -OCH3 is 1. The number of amides is 2. The number of aliphatic carboxylic acids is 1. The Labute approximate surface area is 192 Å². The third-order valence-corrected chi connectivity index (χ3v) is 6.12. The Morgan fingerprint density at radius 2 is 1.91 bits per heavy atom. The number of carboxylic acid groups (broad SMARTS) is 1. The number of carbonyl (C=O) groups excluding carboxylic acids is 3. The number of aromatic nitrogens is 1. The second kappa shape index (κ2) is 11.6. The first-order valence-corrected chi connectivity index (χ1v) is 11.3. The van der Waals surface area contributed by atoms with Crippen LogP contribution in [0, 0.1) is 5.92 Å². The Kier molecular flexibility index (Phi) is 8.59. The number of ketones is 1. The summed E-state index contributed by atoms with van der Waals surface area (Å²) in [7, 11) is 1.57. The highest BCUT2D eigenvalue weighted by Crippen LogP contribution is 2.30. The maximum absolute atomic E-state index is 13.4. The molecule has 9 heteroatoms. The van der Waals surface area contributed by atoms with E-state index < -0.39 is 36.2 Å². The number of ether oxygens (including phenoxy) is 1. The van der Waals surface area contributed by atoms with Gasteiger partial charge in [-0.3, -0.25) is 19.2 Å². The number of fused-ring (bicyclic) bond motifs is 1. The molecule has 0 aliphatic heterocycles. The number of benzene rings is 1. The number of nitrogens with one attached hydrogen (secondary N) is 2. The minimum Gasteiger partial charge on any atom is -0.480 e. The van der Waals surface area contributed by atoms with Gasteiger partial charge >= 0.3 is 5.97 Å². The van der Waals surface area contributed by atoms with Crippen LogP contribution in [-0.2, 0) is 19.1 Å². The summed E-state index contributed by atoms with van der Waals surface area (Å²) in [5.41, 5.74) is 0.854. The Balaban J connectivity index is 1.90. The normalized spacial score (nSPS) is 15.2. The molecule has 0 spiro atoms. The molecule has 2 aromatic rings. The van der Waals surface area contributed by atoms with Crippen molar-refractivity contribution >= 4 is 34.5 Å². The van der Waals surface area contributed by atoms with Crippen molar-refractivity contribution in [3.05, 3.63) is 36.0 Å². The zero-order valence-electron chi connectivity index (χ0n) is 18.8. The Morgan fingerprint density at radius 1 is 1.18 bits per heavy atom. The van der Waals surface area contributed by atoms with Crippen LogP contribution in [0.25, 0.3) is 10.9 Å². The van der Waals surface area contributed by atoms with Gasteiger partial charge in [-0.05, 0) is 31.2 Å². The Bertz CT molecular complexity index is 995. The Morgan fingerprint density at radius 3 is 2.61 bits per heavy atom. The maximum atomic E-state index is 13.4. The number of H-pyrrole nitrogens is 1. The molecule has 1 aromatic heterocycles. The molecule has 1 atom stereocenters. The van der Waals surface area contributed by atoms with E-state index in [1.807, 2.05) is 0 Å². The first-order chi connectivity index (χ1) is 15.9. The third-order valence-electron chi connectivity index (χ3n) is 6.12. The zero-order valence-corrected chi connectivity index (χ0v) is 18.8. The van der Waals surface area contributed by atoms with E-state index in [2.05, 4.69) is 10.3 Å². The average molecular weight is 458 g/mol. The number of nitrogens with zero attached hydrogens (tertiary/aromatic N) is 1. The predicted molar refractivity (Wildman–Crippen MR) is 122 cm³/mol. The van der Waals surface area contributed by atoms with Gasteiger partial charge in [0.15, 0.2) is 0 Å². The SMILES string of the molecule is COCCCNC(=O)C(C1CCCCC1)N(CC(=O)O)C(=O)C(=O)c1c[nH]c2ccccc12. The summed E-state index contributed by atoms with van der Waals surface area (Å²) in [5, 5.41) is 12.9. The minimum atomic E-state index is -1.27. The molecule has 1 heterocycles. The van der Waals surface area contributed by atoms with Crippen LogP contribution in [0.15, 0.2) is 30.5 Å². The maximum Gasteiger partial charge on any atom is 0.323 e. The first-order valence-electron chi connectivity index (χ1n) is 11.3. The lowest BCUT2D eigenvalue weighted by Gasteiger charge is -2.36. The van der Waals surface area contributed by atoms with Crippen molar-refractivity contribution in [2.45, 2.75) is 44.6 Å². The largest absolute Gasteiger partial charge is 0.480 e. The lowest BCUT2D eigenvalue weighted by molar-refractivity contribution is -0.148. The highest BCUT2D eigenvalue weighted by atomic mass is 16.5. The molecule has 33 heavy (non-hydrogen) atoms. The number of hydrogen-bond donors (Lipinski definition) is 3. The molecule has 0 saturated heterocycles. The number of Topliss-reactive ketones (excluding diaryl/α,β-unsaturated/α-hetero) is 1. The van der Waals surface area contributed by atoms with Crippen molar-refractivity contribution in [1.82, 2.24) is 15.2 Å². The van der Waals surface area contributed by atoms with Gasteiger partial charge in [-0.15, -0.1) is 0 Å². The van der Waals surface area contributed by atoms with Gasteiger partial charge in [-0.25, -0.2) is 0 Å². The van der Waals surface area contributed by atoms with Gasteiger partial charge in [0.2, 0.25) is 5.91 Å². The van der Waals surface area contributed by atoms with E-state index in [1.165, 1.54) is 6.20 Å². The first kappa shape index (κ1) is 24.4. The number of carboxylic acids is 1. The highest BCUT2D eigenvalue weighted by molar-refractivity contribution is 6.45. The van der Waals surface area contributed by atoms with Crippen molar-refractivity contribution in [2.75, 3.05) is 26.8 Å². The summed E-state index contributed by atoms with van der Waals surface area (Å²) in [6.45, 7) is 0.0756. The summed E-state index contributed by atoms with van der Waals surface area (Å²) < 4.78 is 5.01. The molecule has 1 fully saturated rings. The molecule has 178 valence electrons. The molecule has 0 radical (unpaired) electrons. The van der Waals surface area contributed by atoms with Gasteiger partial charge in [-0.1, -0.05) is 37.5 Å². The smallest absolute Gasteiger partial charge is 0.323 e. The highest BCUT2D eigenvalue weighted by Gasteiger charge is 2.40. The van der Waals surface area contributed by atoms with Gasteiger partial charge in [0.05, 0.1) is 5.56 Å². The topological polar surface area (TPSA) is 129 Å². The molecule has 2 amide bonds. The van der Waals surface area contributed by atoms with E-state index in [9.17, 15) is 24.3 Å². The van der Waals surface area contributed by atoms with E-state index >= 15 is 0 Å². The van der Waals surface area contributed by atoms with E-state index in [0.29, 0.717) is 43.3 Å². The number of rotatable bonds is 11. The fraction of sp³-hybridized carbons (Fsp3) is 0.500. The molecule has 3 N–H and O–H groups in total. The molecule has 3 rings (SSSR count). The minimum absolute atomic E-state index is 0.161. The van der Waals surface area contributed by atoms with Crippen molar-refractivity contribution < 1.29 is 29.0 Å². The van der Waals surface area contributed by atoms with Crippen LogP contribution in [0.1, 0.15) is 48.9 Å². The molecule has 0 bridgehead atoms. The molecule has 1 unspecified atom stereocenters. The molecule has 1 aromatic carbocycles. The second-order valence-electron chi connectivity index (χ2n) is 8.38. The second-order valence-corrected chi connectivity index (χ2v) is 8.38. The van der Waals surface area contributed by atoms with Gasteiger partial charge < -0.3 is 25.0 Å². The van der Waals surface area contributed by atoms with Crippen LogP contribution in [-0.4, -0.2) is 71.4 Å². The fourth-order valence-electron chi connectivity index (χ4n) is 4.54. The number of hydrogen-bond acceptors (Lipinski definition) is 5. The van der Waals surface area contributed by atoms with Crippen molar-refractivity contribution in [1.29, 1.82) is 0 Å². The Hall–Kier alpha value is -3.20.